The highest BCUT2D eigenvalue weighted by Crippen LogP contribution is 2.61. The molecule has 1 unspecified atom stereocenters. The molecule has 0 bridgehead atoms. The van der Waals surface area contributed by atoms with Crippen molar-refractivity contribution in [3.63, 3.8) is 0 Å². The Hall–Kier alpha value is -0.560. The van der Waals surface area contributed by atoms with Gasteiger partial charge in [-0.25, -0.2) is 4.98 Å². The first-order valence-corrected chi connectivity index (χ1v) is 9.78. The third-order valence-electron chi connectivity index (χ3n) is 3.89. The van der Waals surface area contributed by atoms with Gasteiger partial charge in [-0.2, -0.15) is 0 Å². The molecule has 1 atom stereocenters. The highest BCUT2D eigenvalue weighted by atomic mass is 31.2. The van der Waals surface area contributed by atoms with E-state index in [-0.39, 0.29) is 5.66 Å². The summed E-state index contributed by atoms with van der Waals surface area (Å²) in [5.41, 5.74) is 0.144. The maximum atomic E-state index is 13.5. The van der Waals surface area contributed by atoms with E-state index in [9.17, 15) is 4.57 Å². The van der Waals surface area contributed by atoms with Crippen molar-refractivity contribution in [3.05, 3.63) is 18.2 Å². The van der Waals surface area contributed by atoms with Crippen LogP contribution in [-0.4, -0.2) is 21.9 Å². The van der Waals surface area contributed by atoms with Crippen molar-refractivity contribution >= 4 is 7.14 Å². The largest absolute Gasteiger partial charge is 0.337 e. The molecule has 0 fully saturated rings. The van der Waals surface area contributed by atoms with Gasteiger partial charge in [-0.1, -0.05) is 33.6 Å². The van der Waals surface area contributed by atoms with Gasteiger partial charge in [0.25, 0.3) is 0 Å². The SMILES string of the molecule is CCCCP(=O)(CCCC)C(CC)c1nccn1C. The van der Waals surface area contributed by atoms with E-state index in [2.05, 4.69) is 25.8 Å². The highest BCUT2D eigenvalue weighted by Gasteiger charge is 2.34. The van der Waals surface area contributed by atoms with Crippen molar-refractivity contribution in [2.75, 3.05) is 12.3 Å². The highest BCUT2D eigenvalue weighted by molar-refractivity contribution is 7.64. The first kappa shape index (κ1) is 16.5. The summed E-state index contributed by atoms with van der Waals surface area (Å²) < 4.78 is 15.5. The molecule has 0 saturated carbocycles. The van der Waals surface area contributed by atoms with Gasteiger partial charge in [-0.15, -0.1) is 0 Å². The van der Waals surface area contributed by atoms with Crippen molar-refractivity contribution in [1.82, 2.24) is 9.55 Å². The Balaban J connectivity index is 2.99. The Labute approximate surface area is 118 Å². The van der Waals surface area contributed by atoms with Gasteiger partial charge in [-0.3, -0.25) is 0 Å². The number of unbranched alkanes of at least 4 members (excludes halogenated alkanes) is 2. The second kappa shape index (κ2) is 7.89. The van der Waals surface area contributed by atoms with Gasteiger partial charge in [0.15, 0.2) is 0 Å². The fourth-order valence-electron chi connectivity index (χ4n) is 2.70. The number of imidazole rings is 1. The van der Waals surface area contributed by atoms with Gasteiger partial charge in [0.2, 0.25) is 0 Å². The molecule has 1 aromatic heterocycles. The summed E-state index contributed by atoms with van der Waals surface area (Å²) in [5.74, 6) is 1.01. The average molecular weight is 284 g/mol. The molecule has 4 heteroatoms. The number of aryl methyl sites for hydroxylation is 1. The maximum absolute atomic E-state index is 13.5. The third kappa shape index (κ3) is 4.21. The van der Waals surface area contributed by atoms with E-state index in [1.54, 1.807) is 0 Å². The van der Waals surface area contributed by atoms with Crippen molar-refractivity contribution < 1.29 is 4.57 Å². The van der Waals surface area contributed by atoms with E-state index >= 15 is 0 Å². The van der Waals surface area contributed by atoms with E-state index in [4.69, 9.17) is 0 Å². The second-order valence-electron chi connectivity index (χ2n) is 5.43. The van der Waals surface area contributed by atoms with E-state index in [0.717, 1.165) is 50.3 Å². The molecular formula is C15H29N2OP. The molecule has 0 aromatic carbocycles. The lowest BCUT2D eigenvalue weighted by atomic mass is 10.3. The lowest BCUT2D eigenvalue weighted by Crippen LogP contribution is -2.11. The lowest BCUT2D eigenvalue weighted by molar-refractivity contribution is 0.551. The normalized spacial score (nSPS) is 13.7. The predicted octanol–water partition coefficient (Wildman–Crippen LogP) is 4.83. The van der Waals surface area contributed by atoms with Crippen LogP contribution < -0.4 is 0 Å². The standard InChI is InChI=1S/C15H29N2OP/c1-5-8-12-19(18,13-9-6-2)14(7-3)15-16-10-11-17(15)4/h10-11,14H,5-9,12-13H2,1-4H3. The van der Waals surface area contributed by atoms with Gasteiger partial charge >= 0.3 is 0 Å². The fraction of sp³-hybridized carbons (Fsp3) is 0.800. The molecule has 0 aliphatic heterocycles. The Morgan fingerprint density at radius 2 is 1.79 bits per heavy atom. The molecule has 110 valence electrons. The summed E-state index contributed by atoms with van der Waals surface area (Å²) in [7, 11) is -0.153. The van der Waals surface area contributed by atoms with E-state index < -0.39 is 7.14 Å². The van der Waals surface area contributed by atoms with Crippen LogP contribution in [0.2, 0.25) is 0 Å². The topological polar surface area (TPSA) is 34.9 Å². The Kier molecular flexibility index (Phi) is 6.85. The van der Waals surface area contributed by atoms with E-state index in [1.165, 1.54) is 0 Å². The Bertz CT molecular complexity index is 402. The van der Waals surface area contributed by atoms with Gasteiger partial charge in [0.1, 0.15) is 5.82 Å². The number of aromatic nitrogens is 2. The molecule has 1 rings (SSSR count). The molecule has 0 saturated heterocycles. The summed E-state index contributed by atoms with van der Waals surface area (Å²) in [5, 5.41) is 0. The average Bonchev–Trinajstić information content (AvgIpc) is 2.81. The predicted molar refractivity (Wildman–Crippen MR) is 83.4 cm³/mol. The minimum Gasteiger partial charge on any atom is -0.337 e. The van der Waals surface area contributed by atoms with Crippen LogP contribution in [0.1, 0.15) is 64.4 Å². The van der Waals surface area contributed by atoms with Gasteiger partial charge in [0, 0.05) is 31.8 Å². The quantitative estimate of drug-likeness (QED) is 0.608. The summed E-state index contributed by atoms with van der Waals surface area (Å²) in [4.78, 5) is 4.46. The molecule has 0 amide bonds. The van der Waals surface area contributed by atoms with Crippen LogP contribution >= 0.6 is 7.14 Å². The maximum Gasteiger partial charge on any atom is 0.118 e. The smallest absolute Gasteiger partial charge is 0.118 e. The number of nitrogens with zero attached hydrogens (tertiary/aromatic N) is 2. The molecule has 0 aliphatic rings. The molecule has 0 N–H and O–H groups in total. The van der Waals surface area contributed by atoms with Crippen LogP contribution in [0.4, 0.5) is 0 Å². The number of hydrogen-bond donors (Lipinski definition) is 0. The van der Waals surface area contributed by atoms with E-state index in [0.29, 0.717) is 0 Å². The fourth-order valence-corrected chi connectivity index (χ4v) is 6.58. The van der Waals surface area contributed by atoms with Crippen molar-refractivity contribution in [2.45, 2.75) is 58.5 Å². The number of rotatable bonds is 9. The summed E-state index contributed by atoms with van der Waals surface area (Å²) >= 11 is 0. The molecule has 0 spiro atoms. The van der Waals surface area contributed by atoms with Gasteiger partial charge in [0.05, 0.1) is 12.8 Å². The Morgan fingerprint density at radius 1 is 1.21 bits per heavy atom. The summed E-state index contributed by atoms with van der Waals surface area (Å²) in [6.07, 6.45) is 10.9. The van der Waals surface area contributed by atoms with Gasteiger partial charge < -0.3 is 9.13 Å². The van der Waals surface area contributed by atoms with Crippen LogP contribution in [0, 0.1) is 0 Å². The second-order valence-corrected chi connectivity index (χ2v) is 8.85. The molecule has 1 aromatic rings. The molecule has 3 nitrogen and oxygen atoms in total. The van der Waals surface area contributed by atoms with Crippen LogP contribution in [0.5, 0.6) is 0 Å². The van der Waals surface area contributed by atoms with E-state index in [1.807, 2.05) is 24.0 Å². The van der Waals surface area contributed by atoms with Gasteiger partial charge in [-0.05, 0) is 19.3 Å². The first-order chi connectivity index (χ1) is 9.09. The zero-order valence-corrected chi connectivity index (χ0v) is 13.8. The van der Waals surface area contributed by atoms with Crippen LogP contribution in [0.15, 0.2) is 12.4 Å². The summed E-state index contributed by atoms with van der Waals surface area (Å²) in [6.45, 7) is 6.49. The van der Waals surface area contributed by atoms with Crippen molar-refractivity contribution in [2.24, 2.45) is 7.05 Å². The molecule has 0 radical (unpaired) electrons. The molecular weight excluding hydrogens is 255 g/mol. The monoisotopic (exact) mass is 284 g/mol. The van der Waals surface area contributed by atoms with Crippen molar-refractivity contribution in [3.8, 4) is 0 Å². The van der Waals surface area contributed by atoms with Crippen LogP contribution in [-0.2, 0) is 11.6 Å². The first-order valence-electron chi connectivity index (χ1n) is 7.64. The third-order valence-corrected chi connectivity index (χ3v) is 7.77. The molecule has 0 aliphatic carbocycles. The zero-order chi connectivity index (χ0) is 14.3. The zero-order valence-electron chi connectivity index (χ0n) is 12.9. The minimum atomic E-state index is -2.16. The molecule has 1 heterocycles. The minimum absolute atomic E-state index is 0.144. The molecule has 19 heavy (non-hydrogen) atoms. The number of hydrogen-bond acceptors (Lipinski definition) is 2. The van der Waals surface area contributed by atoms with Crippen LogP contribution in [0.25, 0.3) is 0 Å². The van der Waals surface area contributed by atoms with Crippen molar-refractivity contribution in [1.29, 1.82) is 0 Å². The summed E-state index contributed by atoms with van der Waals surface area (Å²) in [6, 6.07) is 0. The van der Waals surface area contributed by atoms with Crippen LogP contribution in [0.3, 0.4) is 0 Å². The Morgan fingerprint density at radius 3 is 2.16 bits per heavy atom. The lowest BCUT2D eigenvalue weighted by Gasteiger charge is -2.27.